The highest BCUT2D eigenvalue weighted by molar-refractivity contribution is 6.06. The van der Waals surface area contributed by atoms with Gasteiger partial charge in [0.05, 0.1) is 22.8 Å². The Morgan fingerprint density at radius 3 is 2.64 bits per heavy atom. The molecule has 0 spiro atoms. The lowest BCUT2D eigenvalue weighted by Gasteiger charge is -2.26. The highest BCUT2D eigenvalue weighted by atomic mass is 16.5. The lowest BCUT2D eigenvalue weighted by atomic mass is 9.85. The topological polar surface area (TPSA) is 110 Å². The van der Waals surface area contributed by atoms with Crippen LogP contribution in [0.25, 0.3) is 11.0 Å². The molecule has 2 amide bonds. The number of aromatic nitrogens is 3. The van der Waals surface area contributed by atoms with Crippen molar-refractivity contribution < 1.29 is 14.3 Å². The third kappa shape index (κ3) is 3.66. The summed E-state index contributed by atoms with van der Waals surface area (Å²) in [6, 6.07) is 0.209. The molecule has 0 bridgehead atoms. The second-order valence-corrected chi connectivity index (χ2v) is 7.35. The van der Waals surface area contributed by atoms with Gasteiger partial charge < -0.3 is 10.1 Å². The molecule has 1 aliphatic carbocycles. The number of ether oxygens (including phenoxy) is 1. The summed E-state index contributed by atoms with van der Waals surface area (Å²) in [7, 11) is 0. The van der Waals surface area contributed by atoms with Gasteiger partial charge in [0.25, 0.3) is 5.91 Å². The molecule has 0 radical (unpaired) electrons. The van der Waals surface area contributed by atoms with E-state index in [-0.39, 0.29) is 23.8 Å². The average Bonchev–Trinajstić information content (AvgIpc) is 3.09. The Morgan fingerprint density at radius 1 is 1.18 bits per heavy atom. The minimum atomic E-state index is -0.388. The van der Waals surface area contributed by atoms with Crippen LogP contribution in [-0.4, -0.2) is 45.8 Å². The molecule has 0 aromatic carbocycles. The number of hydrogen-bond donors (Lipinski definition) is 3. The summed E-state index contributed by atoms with van der Waals surface area (Å²) in [5.41, 5.74) is 6.91. The summed E-state index contributed by atoms with van der Waals surface area (Å²) in [5, 5.41) is 8.67. The Balaban J connectivity index is 1.59. The fourth-order valence-corrected chi connectivity index (χ4v) is 3.59. The second-order valence-electron chi connectivity index (χ2n) is 7.35. The van der Waals surface area contributed by atoms with Crippen molar-refractivity contribution >= 4 is 28.5 Å². The Bertz CT molecular complexity index is 870. The summed E-state index contributed by atoms with van der Waals surface area (Å²) < 4.78 is 7.23. The molecule has 1 saturated heterocycles. The zero-order chi connectivity index (χ0) is 19.5. The van der Waals surface area contributed by atoms with Gasteiger partial charge in [-0.05, 0) is 32.6 Å². The molecule has 150 valence electrons. The standard InChI is InChI=1S/C19H26N6O3/c1-2-25-17-14(11-21-25)16(22-13-6-8-28-9-7-13)15(10-20-17)19(27)24-23-18(26)12-4-3-5-12/h10-13H,2-9H2,1H3,(H,20,22)(H,23,26)(H,24,27). The lowest BCUT2D eigenvalue weighted by molar-refractivity contribution is -0.128. The fourth-order valence-electron chi connectivity index (χ4n) is 3.59. The van der Waals surface area contributed by atoms with Crippen molar-refractivity contribution in [2.75, 3.05) is 18.5 Å². The maximum Gasteiger partial charge on any atom is 0.273 e. The summed E-state index contributed by atoms with van der Waals surface area (Å²) in [4.78, 5) is 29.3. The summed E-state index contributed by atoms with van der Waals surface area (Å²) in [6.07, 6.45) is 7.83. The van der Waals surface area contributed by atoms with Crippen LogP contribution >= 0.6 is 0 Å². The number of carbonyl (C=O) groups excluding carboxylic acids is 2. The molecule has 28 heavy (non-hydrogen) atoms. The van der Waals surface area contributed by atoms with Crippen LogP contribution in [0.3, 0.4) is 0 Å². The molecule has 1 saturated carbocycles. The monoisotopic (exact) mass is 386 g/mol. The molecule has 0 atom stereocenters. The number of pyridine rings is 1. The van der Waals surface area contributed by atoms with Crippen molar-refractivity contribution in [2.45, 2.75) is 51.6 Å². The molecule has 3 heterocycles. The number of aryl methyl sites for hydroxylation is 1. The summed E-state index contributed by atoms with van der Waals surface area (Å²) in [6.45, 7) is 4.07. The largest absolute Gasteiger partial charge is 0.381 e. The minimum absolute atomic E-state index is 0.00326. The highest BCUT2D eigenvalue weighted by Crippen LogP contribution is 2.28. The first kappa shape index (κ1) is 18.7. The van der Waals surface area contributed by atoms with Gasteiger partial charge in [0.1, 0.15) is 0 Å². The third-order valence-electron chi connectivity index (χ3n) is 5.56. The quantitative estimate of drug-likeness (QED) is 0.674. The first-order valence-corrected chi connectivity index (χ1v) is 9.96. The van der Waals surface area contributed by atoms with Gasteiger partial charge in [0.15, 0.2) is 5.65 Å². The molecular formula is C19H26N6O3. The molecule has 0 unspecified atom stereocenters. The van der Waals surface area contributed by atoms with E-state index in [9.17, 15) is 9.59 Å². The van der Waals surface area contributed by atoms with Gasteiger partial charge in [-0.25, -0.2) is 9.67 Å². The number of anilines is 1. The Labute approximate surface area is 163 Å². The number of nitrogens with zero attached hydrogens (tertiary/aromatic N) is 3. The van der Waals surface area contributed by atoms with Crippen molar-refractivity contribution in [3.8, 4) is 0 Å². The van der Waals surface area contributed by atoms with E-state index in [1.165, 1.54) is 0 Å². The predicted molar refractivity (Wildman–Crippen MR) is 104 cm³/mol. The van der Waals surface area contributed by atoms with Crippen molar-refractivity contribution in [1.82, 2.24) is 25.6 Å². The first-order chi connectivity index (χ1) is 13.7. The Kier molecular flexibility index (Phi) is 5.43. The molecule has 4 rings (SSSR count). The zero-order valence-corrected chi connectivity index (χ0v) is 16.0. The summed E-state index contributed by atoms with van der Waals surface area (Å²) in [5.74, 6) is -0.518. The number of hydrogen-bond acceptors (Lipinski definition) is 6. The number of hydrazine groups is 1. The van der Waals surface area contributed by atoms with E-state index in [0.29, 0.717) is 31.0 Å². The summed E-state index contributed by atoms with van der Waals surface area (Å²) >= 11 is 0. The van der Waals surface area contributed by atoms with Crippen molar-refractivity contribution in [3.05, 3.63) is 18.0 Å². The average molecular weight is 386 g/mol. The van der Waals surface area contributed by atoms with Gasteiger partial charge in [0, 0.05) is 37.9 Å². The number of nitrogens with one attached hydrogen (secondary N) is 3. The molecule has 2 aliphatic rings. The van der Waals surface area contributed by atoms with E-state index in [2.05, 4.69) is 26.3 Å². The van der Waals surface area contributed by atoms with Crippen LogP contribution in [0.2, 0.25) is 0 Å². The molecule has 2 aromatic rings. The van der Waals surface area contributed by atoms with Crippen molar-refractivity contribution in [3.63, 3.8) is 0 Å². The van der Waals surface area contributed by atoms with Gasteiger partial charge >= 0.3 is 0 Å². The predicted octanol–water partition coefficient (Wildman–Crippen LogP) is 1.60. The van der Waals surface area contributed by atoms with Crippen LogP contribution in [0.4, 0.5) is 5.69 Å². The normalized spacial score (nSPS) is 17.9. The van der Waals surface area contributed by atoms with E-state index in [1.807, 2.05) is 6.92 Å². The fraction of sp³-hybridized carbons (Fsp3) is 0.579. The molecule has 1 aliphatic heterocycles. The van der Waals surface area contributed by atoms with Gasteiger partial charge in [-0.15, -0.1) is 0 Å². The molecule has 2 aromatic heterocycles. The zero-order valence-electron chi connectivity index (χ0n) is 16.0. The number of carbonyl (C=O) groups is 2. The van der Waals surface area contributed by atoms with E-state index in [0.717, 1.165) is 43.1 Å². The smallest absolute Gasteiger partial charge is 0.273 e. The maximum atomic E-state index is 12.8. The molecule has 9 nitrogen and oxygen atoms in total. The van der Waals surface area contributed by atoms with E-state index >= 15 is 0 Å². The number of fused-ring (bicyclic) bond motifs is 1. The molecular weight excluding hydrogens is 360 g/mol. The first-order valence-electron chi connectivity index (χ1n) is 9.96. The third-order valence-corrected chi connectivity index (χ3v) is 5.56. The SMILES string of the molecule is CCn1ncc2c(NC3CCOCC3)c(C(=O)NNC(=O)C3CCC3)cnc21. The van der Waals surface area contributed by atoms with Gasteiger partial charge in [0.2, 0.25) is 5.91 Å². The van der Waals surface area contributed by atoms with E-state index < -0.39 is 0 Å². The number of rotatable bonds is 5. The van der Waals surface area contributed by atoms with Crippen molar-refractivity contribution in [2.24, 2.45) is 5.92 Å². The lowest BCUT2D eigenvalue weighted by Crippen LogP contribution is -2.46. The maximum absolute atomic E-state index is 12.8. The molecule has 2 fully saturated rings. The van der Waals surface area contributed by atoms with Crippen LogP contribution in [-0.2, 0) is 16.1 Å². The van der Waals surface area contributed by atoms with Gasteiger partial charge in [-0.1, -0.05) is 6.42 Å². The highest BCUT2D eigenvalue weighted by Gasteiger charge is 2.26. The minimum Gasteiger partial charge on any atom is -0.381 e. The van der Waals surface area contributed by atoms with Crippen LogP contribution in [0, 0.1) is 5.92 Å². The van der Waals surface area contributed by atoms with E-state index in [4.69, 9.17) is 4.74 Å². The van der Waals surface area contributed by atoms with Crippen molar-refractivity contribution in [1.29, 1.82) is 0 Å². The van der Waals surface area contributed by atoms with Gasteiger partial charge in [-0.3, -0.25) is 20.4 Å². The number of amides is 2. The Morgan fingerprint density at radius 2 is 1.96 bits per heavy atom. The van der Waals surface area contributed by atoms with Crippen LogP contribution in [0.15, 0.2) is 12.4 Å². The van der Waals surface area contributed by atoms with Gasteiger partial charge in [-0.2, -0.15) is 5.10 Å². The van der Waals surface area contributed by atoms with Crippen LogP contribution in [0.1, 0.15) is 49.4 Å². The Hall–Kier alpha value is -2.68. The van der Waals surface area contributed by atoms with Crippen LogP contribution < -0.4 is 16.2 Å². The molecule has 9 heteroatoms. The van der Waals surface area contributed by atoms with E-state index in [1.54, 1.807) is 17.1 Å². The van der Waals surface area contributed by atoms with Crippen LogP contribution in [0.5, 0.6) is 0 Å². The second kappa shape index (κ2) is 8.14. The molecule has 3 N–H and O–H groups in total.